The molecule has 0 fully saturated rings. The van der Waals surface area contributed by atoms with Gasteiger partial charge < -0.3 is 4.74 Å². The second kappa shape index (κ2) is 21.1. The van der Waals surface area contributed by atoms with Crippen molar-refractivity contribution in [2.45, 2.75) is 0 Å². The molecule has 9 rings (SSSR count). The van der Waals surface area contributed by atoms with Gasteiger partial charge in [0.1, 0.15) is 11.5 Å². The summed E-state index contributed by atoms with van der Waals surface area (Å²) in [6.45, 7) is 0. The summed E-state index contributed by atoms with van der Waals surface area (Å²) >= 11 is 0. The number of hydrogen-bond donors (Lipinski definition) is 0. The first kappa shape index (κ1) is 45.9. The SMILES string of the molecule is C1=C(c2ccccc2)OC(c2ccccc2)=CC1=C(c1cc(-c2ccccc2)[o+]c(-c2ccccc2)c1)c1cc(-c2ccccc2)[o+]c(-c2ccccc2)c1.[O-][Cl+3]([O-])([O-])[O-].[O-][Cl+3]([O-])([O-])[O-]. The summed E-state index contributed by atoms with van der Waals surface area (Å²) in [6.07, 6.45) is 4.31. The molecule has 1 aliphatic heterocycles. The molecule has 13 heteroatoms. The first-order valence-electron chi connectivity index (χ1n) is 19.6. The van der Waals surface area contributed by atoms with Crippen molar-refractivity contribution >= 4 is 17.1 Å². The Balaban J connectivity index is 0.000000571. The van der Waals surface area contributed by atoms with Crippen LogP contribution in [0, 0.1) is 20.5 Å². The molecule has 65 heavy (non-hydrogen) atoms. The number of allylic oxidation sites excluding steroid dienone is 3. The normalized spacial score (nSPS) is 12.3. The minimum Gasteiger partial charge on any atom is -0.456 e. The Labute approximate surface area is 378 Å². The van der Waals surface area contributed by atoms with E-state index >= 15 is 0 Å². The second-order valence-corrected chi connectivity index (χ2v) is 15.6. The highest BCUT2D eigenvalue weighted by Crippen LogP contribution is 2.42. The van der Waals surface area contributed by atoms with Crippen LogP contribution in [-0.4, -0.2) is 0 Å². The maximum absolute atomic E-state index is 8.49. The molecule has 0 radical (unpaired) electrons. The average Bonchev–Trinajstić information content (AvgIpc) is 3.32. The van der Waals surface area contributed by atoms with Crippen molar-refractivity contribution in [2.24, 2.45) is 0 Å². The van der Waals surface area contributed by atoms with Crippen LogP contribution in [0.3, 0.4) is 0 Å². The topological polar surface area (TPSA) is 216 Å². The van der Waals surface area contributed by atoms with Crippen LogP contribution < -0.4 is 37.3 Å². The largest absolute Gasteiger partial charge is 0.456 e. The van der Waals surface area contributed by atoms with E-state index in [1.54, 1.807) is 0 Å². The van der Waals surface area contributed by atoms with Gasteiger partial charge in [-0.1, -0.05) is 133 Å². The maximum Gasteiger partial charge on any atom is 0.361 e. The molecule has 0 unspecified atom stereocenters. The molecule has 324 valence electrons. The van der Waals surface area contributed by atoms with Crippen molar-refractivity contribution < 1.29 is 71.3 Å². The molecule has 0 aliphatic carbocycles. The molecule has 3 heterocycles. The van der Waals surface area contributed by atoms with Crippen LogP contribution in [0.15, 0.2) is 233 Å². The monoisotopic (exact) mass is 906 g/mol. The third-order valence-electron chi connectivity index (χ3n) is 9.60. The molecular weight excluding hydrogens is 871 g/mol. The Bertz CT molecular complexity index is 2580. The van der Waals surface area contributed by atoms with Crippen LogP contribution in [0.4, 0.5) is 0 Å². The van der Waals surface area contributed by atoms with Crippen LogP contribution in [-0.2, 0) is 4.74 Å². The van der Waals surface area contributed by atoms with Crippen LogP contribution in [0.1, 0.15) is 22.3 Å². The van der Waals surface area contributed by atoms with E-state index in [4.69, 9.17) is 50.8 Å². The average molecular weight is 908 g/mol. The highest BCUT2D eigenvalue weighted by Gasteiger charge is 2.28. The zero-order valence-corrected chi connectivity index (χ0v) is 35.5. The molecule has 0 amide bonds. The summed E-state index contributed by atoms with van der Waals surface area (Å²) in [4.78, 5) is 0. The summed E-state index contributed by atoms with van der Waals surface area (Å²) in [7, 11) is -9.89. The number of ether oxygens (including phenoxy) is 1. The number of benzene rings is 6. The van der Waals surface area contributed by atoms with Gasteiger partial charge in [0.2, 0.25) is 0 Å². The van der Waals surface area contributed by atoms with Crippen molar-refractivity contribution in [1.29, 1.82) is 0 Å². The smallest absolute Gasteiger partial charge is 0.361 e. The molecule has 0 saturated heterocycles. The predicted molar refractivity (Wildman–Crippen MR) is 224 cm³/mol. The molecule has 2 aromatic heterocycles. The highest BCUT2D eigenvalue weighted by molar-refractivity contribution is 5.93. The summed E-state index contributed by atoms with van der Waals surface area (Å²) < 4.78 is 88.1. The van der Waals surface area contributed by atoms with Gasteiger partial charge in [0.15, 0.2) is 0 Å². The molecule has 11 nitrogen and oxygen atoms in total. The van der Waals surface area contributed by atoms with Crippen molar-refractivity contribution in [2.75, 3.05) is 0 Å². The van der Waals surface area contributed by atoms with E-state index in [-0.39, 0.29) is 0 Å². The van der Waals surface area contributed by atoms with E-state index < -0.39 is 20.5 Å². The first-order chi connectivity index (χ1) is 31.2. The molecule has 6 aromatic carbocycles. The van der Waals surface area contributed by atoms with Crippen LogP contribution >= 0.6 is 0 Å². The standard InChI is InChI=1S/C52H36O3.2ClHO4/c1-7-19-37(20-8-1)46-31-43(32-47(53-46)38-21-9-2-10-22-38)52(44-33-48(39-23-11-3-12-24-39)54-49(34-44)40-25-13-4-14-26-40)45-35-50(41-27-15-5-16-28-41)55-51(36-45)42-29-17-6-18-30-42;2*2-1(3,4)5/h1-36H;2*(H,2,3,4,5)/q+2;;/p-2. The van der Waals surface area contributed by atoms with Crippen molar-refractivity contribution in [3.8, 4) is 45.3 Å². The van der Waals surface area contributed by atoms with Gasteiger partial charge >= 0.3 is 23.0 Å². The zero-order valence-electron chi connectivity index (χ0n) is 34.0. The molecule has 0 spiro atoms. The molecule has 1 aliphatic rings. The zero-order chi connectivity index (χ0) is 45.8. The Kier molecular flexibility index (Phi) is 14.9. The number of halogens is 2. The lowest BCUT2D eigenvalue weighted by molar-refractivity contribution is -2.00. The predicted octanol–water partition coefficient (Wildman–Crippen LogP) is 4.51. The Morgan fingerprint density at radius 1 is 0.323 bits per heavy atom. The van der Waals surface area contributed by atoms with Gasteiger partial charge in [0.05, 0.1) is 46.5 Å². The number of rotatable bonds is 8. The molecule has 0 bridgehead atoms. The fourth-order valence-corrected chi connectivity index (χ4v) is 6.91. The Morgan fingerprint density at radius 3 is 0.769 bits per heavy atom. The lowest BCUT2D eigenvalue weighted by Gasteiger charge is -2.21. The highest BCUT2D eigenvalue weighted by atomic mass is 35.7. The summed E-state index contributed by atoms with van der Waals surface area (Å²) in [6, 6.07) is 70.3. The van der Waals surface area contributed by atoms with Crippen molar-refractivity contribution in [1.82, 2.24) is 0 Å². The van der Waals surface area contributed by atoms with Gasteiger partial charge in [0, 0.05) is 22.3 Å². The molecular formula is C52H36Cl2O11. The van der Waals surface area contributed by atoms with Gasteiger partial charge in [-0.15, -0.1) is 20.5 Å². The second-order valence-electron chi connectivity index (χ2n) is 14.1. The van der Waals surface area contributed by atoms with Gasteiger partial charge in [-0.2, -0.15) is 0 Å². The Morgan fingerprint density at radius 2 is 0.538 bits per heavy atom. The molecule has 0 N–H and O–H groups in total. The van der Waals surface area contributed by atoms with E-state index in [1.807, 2.05) is 109 Å². The van der Waals surface area contributed by atoms with E-state index in [1.165, 1.54) is 0 Å². The van der Waals surface area contributed by atoms with E-state index in [9.17, 15) is 0 Å². The maximum atomic E-state index is 8.49. The third kappa shape index (κ3) is 13.5. The fourth-order valence-electron chi connectivity index (χ4n) is 6.91. The van der Waals surface area contributed by atoms with E-state index in [0.29, 0.717) is 0 Å². The van der Waals surface area contributed by atoms with Gasteiger partial charge in [0.25, 0.3) is 0 Å². The van der Waals surface area contributed by atoms with Gasteiger partial charge in [-0.05, 0) is 71.8 Å². The minimum atomic E-state index is -4.94. The van der Waals surface area contributed by atoms with Gasteiger partial charge in [-0.3, -0.25) is 0 Å². The Hall–Kier alpha value is -7.10. The third-order valence-corrected chi connectivity index (χ3v) is 9.60. The quantitative estimate of drug-likeness (QED) is 0.193. The van der Waals surface area contributed by atoms with Crippen LogP contribution in [0.5, 0.6) is 0 Å². The van der Waals surface area contributed by atoms with Gasteiger partial charge in [-0.25, -0.2) is 46.1 Å². The summed E-state index contributed by atoms with van der Waals surface area (Å²) in [5.74, 6) is 4.55. The van der Waals surface area contributed by atoms with Crippen LogP contribution in [0.25, 0.3) is 62.4 Å². The lowest BCUT2D eigenvalue weighted by atomic mass is 9.89. The van der Waals surface area contributed by atoms with Crippen LogP contribution in [0.2, 0.25) is 0 Å². The molecule has 8 aromatic rings. The molecule has 0 saturated carbocycles. The summed E-state index contributed by atoms with van der Waals surface area (Å²) in [5, 5.41) is 0. The first-order valence-corrected chi connectivity index (χ1v) is 22.1. The van der Waals surface area contributed by atoms with Crippen molar-refractivity contribution in [3.63, 3.8) is 0 Å². The van der Waals surface area contributed by atoms with E-state index in [2.05, 4.69) is 109 Å². The fraction of sp³-hybridized carbons (Fsp3) is 0. The van der Waals surface area contributed by atoms with Crippen molar-refractivity contribution in [3.05, 3.63) is 246 Å². The number of hydrogen-bond acceptors (Lipinski definition) is 9. The lowest BCUT2D eigenvalue weighted by Crippen LogP contribution is -2.68. The van der Waals surface area contributed by atoms with E-state index in [0.717, 1.165) is 90.2 Å². The molecule has 0 atom stereocenters. The summed E-state index contributed by atoms with van der Waals surface area (Å²) in [5.41, 5.74) is 9.85. The minimum absolute atomic E-state index is 0.758.